The van der Waals surface area contributed by atoms with Crippen LogP contribution in [0, 0.1) is 6.92 Å². The quantitative estimate of drug-likeness (QED) is 0.729. The number of nitrogens with zero attached hydrogens (tertiary/aromatic N) is 1. The van der Waals surface area contributed by atoms with Gasteiger partial charge in [-0.3, -0.25) is 9.59 Å². The van der Waals surface area contributed by atoms with Crippen LogP contribution in [0.2, 0.25) is 5.02 Å². The molecule has 2 aromatic rings. The van der Waals surface area contributed by atoms with Crippen molar-refractivity contribution in [2.24, 2.45) is 0 Å². The Hall–Kier alpha value is -1.98. The Balaban J connectivity index is 2.10. The third kappa shape index (κ3) is 5.78. The maximum atomic E-state index is 12.8. The topological polar surface area (TPSA) is 49.4 Å². The van der Waals surface area contributed by atoms with Gasteiger partial charge in [0, 0.05) is 23.5 Å². The normalized spacial score (nSPS) is 11.7. The van der Waals surface area contributed by atoms with Gasteiger partial charge in [0.05, 0.1) is 5.75 Å². The number of aryl methyl sites for hydroxylation is 1. The molecule has 0 bridgehead atoms. The van der Waals surface area contributed by atoms with Gasteiger partial charge >= 0.3 is 0 Å². The predicted octanol–water partition coefficient (Wildman–Crippen LogP) is 3.90. The Morgan fingerprint density at radius 1 is 1.12 bits per heavy atom. The Bertz CT molecular complexity index is 747. The highest BCUT2D eigenvalue weighted by Gasteiger charge is 2.25. The first-order chi connectivity index (χ1) is 12.4. The fourth-order valence-corrected chi connectivity index (χ4v) is 3.35. The summed E-state index contributed by atoms with van der Waals surface area (Å²) in [4.78, 5) is 27.5. The lowest BCUT2D eigenvalue weighted by Crippen LogP contribution is -2.47. The van der Waals surface area contributed by atoms with E-state index in [2.05, 4.69) is 5.32 Å². The van der Waals surface area contributed by atoms with Crippen molar-refractivity contribution in [2.45, 2.75) is 31.3 Å². The van der Waals surface area contributed by atoms with E-state index in [1.165, 1.54) is 11.8 Å². The van der Waals surface area contributed by atoms with E-state index in [-0.39, 0.29) is 17.6 Å². The second-order valence-electron chi connectivity index (χ2n) is 6.04. The predicted molar refractivity (Wildman–Crippen MR) is 107 cm³/mol. The molecule has 6 heteroatoms. The van der Waals surface area contributed by atoms with Gasteiger partial charge in [-0.15, -0.1) is 11.8 Å². The monoisotopic (exact) mass is 390 g/mol. The number of thioether (sulfide) groups is 1. The van der Waals surface area contributed by atoms with Crippen LogP contribution in [0.5, 0.6) is 0 Å². The van der Waals surface area contributed by atoms with E-state index in [1.807, 2.05) is 43.3 Å². The van der Waals surface area contributed by atoms with Crippen molar-refractivity contribution in [3.63, 3.8) is 0 Å². The number of benzene rings is 2. The van der Waals surface area contributed by atoms with Gasteiger partial charge in [-0.25, -0.2) is 0 Å². The summed E-state index contributed by atoms with van der Waals surface area (Å²) in [7, 11) is 1.58. The Labute approximate surface area is 163 Å². The Morgan fingerprint density at radius 3 is 2.31 bits per heavy atom. The van der Waals surface area contributed by atoms with Crippen molar-refractivity contribution in [3.8, 4) is 0 Å². The first kappa shape index (κ1) is 20.3. The van der Waals surface area contributed by atoms with Crippen molar-refractivity contribution in [3.05, 3.63) is 64.7 Å². The van der Waals surface area contributed by atoms with Crippen LogP contribution in [-0.2, 0) is 16.1 Å². The second-order valence-corrected chi connectivity index (χ2v) is 7.53. The summed E-state index contributed by atoms with van der Waals surface area (Å²) in [6.07, 6.45) is 0. The van der Waals surface area contributed by atoms with Crippen LogP contribution in [0.4, 0.5) is 0 Å². The maximum Gasteiger partial charge on any atom is 0.242 e. The van der Waals surface area contributed by atoms with Gasteiger partial charge in [0.15, 0.2) is 0 Å². The van der Waals surface area contributed by atoms with Gasteiger partial charge in [-0.1, -0.05) is 41.4 Å². The van der Waals surface area contributed by atoms with Crippen LogP contribution in [0.25, 0.3) is 0 Å². The largest absolute Gasteiger partial charge is 0.357 e. The summed E-state index contributed by atoms with van der Waals surface area (Å²) in [6.45, 7) is 4.16. The molecule has 0 radical (unpaired) electrons. The molecular weight excluding hydrogens is 368 g/mol. The summed E-state index contributed by atoms with van der Waals surface area (Å²) in [6, 6.07) is 14.8. The van der Waals surface area contributed by atoms with Crippen LogP contribution in [0.1, 0.15) is 18.1 Å². The average Bonchev–Trinajstić information content (AvgIpc) is 2.65. The molecule has 138 valence electrons. The smallest absolute Gasteiger partial charge is 0.242 e. The number of likely N-dealkylation sites (N-methyl/N-ethyl adjacent to an activating group) is 1. The number of rotatable bonds is 7. The summed E-state index contributed by atoms with van der Waals surface area (Å²) in [5, 5.41) is 3.28. The van der Waals surface area contributed by atoms with Crippen molar-refractivity contribution in [1.82, 2.24) is 10.2 Å². The maximum absolute atomic E-state index is 12.8. The minimum atomic E-state index is -0.542. The molecule has 1 atom stereocenters. The van der Waals surface area contributed by atoms with Crippen molar-refractivity contribution in [1.29, 1.82) is 0 Å². The van der Waals surface area contributed by atoms with E-state index < -0.39 is 6.04 Å². The molecular formula is C20H23ClN2O2S. The summed E-state index contributed by atoms with van der Waals surface area (Å²) in [5.41, 5.74) is 2.15. The zero-order valence-corrected chi connectivity index (χ0v) is 16.7. The highest BCUT2D eigenvalue weighted by atomic mass is 35.5. The summed E-state index contributed by atoms with van der Waals surface area (Å²) >= 11 is 7.32. The summed E-state index contributed by atoms with van der Waals surface area (Å²) < 4.78 is 0. The number of nitrogens with one attached hydrogen (secondary N) is 1. The fourth-order valence-electron chi connectivity index (χ4n) is 2.44. The minimum Gasteiger partial charge on any atom is -0.357 e. The number of carbonyl (C=O) groups excluding carboxylic acids is 2. The van der Waals surface area contributed by atoms with E-state index in [1.54, 1.807) is 31.0 Å². The molecule has 4 nitrogen and oxygen atoms in total. The van der Waals surface area contributed by atoms with E-state index in [4.69, 9.17) is 11.6 Å². The lowest BCUT2D eigenvalue weighted by molar-refractivity contribution is -0.138. The first-order valence-corrected chi connectivity index (χ1v) is 9.72. The highest BCUT2D eigenvalue weighted by molar-refractivity contribution is 8.00. The fraction of sp³-hybridized carbons (Fsp3) is 0.300. The van der Waals surface area contributed by atoms with Gasteiger partial charge in [-0.05, 0) is 43.7 Å². The molecule has 0 saturated carbocycles. The van der Waals surface area contributed by atoms with E-state index >= 15 is 0 Å². The van der Waals surface area contributed by atoms with E-state index in [0.29, 0.717) is 11.6 Å². The van der Waals surface area contributed by atoms with Gasteiger partial charge in [0.1, 0.15) is 6.04 Å². The zero-order valence-electron chi connectivity index (χ0n) is 15.2. The Kier molecular flexibility index (Phi) is 7.54. The standard InChI is InChI=1S/C20H23ClN2O2S/c1-14-4-6-16(7-5-14)12-23(15(2)20(25)22-3)19(24)13-26-18-10-8-17(21)9-11-18/h4-11,15H,12-13H2,1-3H3,(H,22,25)/t15-/m1/s1. The third-order valence-electron chi connectivity index (χ3n) is 4.06. The van der Waals surface area contributed by atoms with Crippen LogP contribution < -0.4 is 5.32 Å². The zero-order chi connectivity index (χ0) is 19.1. The molecule has 2 aromatic carbocycles. The number of amides is 2. The van der Waals surface area contributed by atoms with Gasteiger partial charge in [0.25, 0.3) is 0 Å². The van der Waals surface area contributed by atoms with Crippen molar-refractivity contribution < 1.29 is 9.59 Å². The summed E-state index contributed by atoms with van der Waals surface area (Å²) in [5.74, 6) is -0.00182. The number of halogens is 1. The second kappa shape index (κ2) is 9.64. The van der Waals surface area contributed by atoms with Crippen LogP contribution >= 0.6 is 23.4 Å². The molecule has 2 amide bonds. The van der Waals surface area contributed by atoms with Crippen LogP contribution in [-0.4, -0.2) is 35.6 Å². The lowest BCUT2D eigenvalue weighted by Gasteiger charge is -2.28. The molecule has 0 spiro atoms. The van der Waals surface area contributed by atoms with Gasteiger partial charge in [0.2, 0.25) is 11.8 Å². The average molecular weight is 391 g/mol. The molecule has 0 aliphatic heterocycles. The molecule has 0 unspecified atom stereocenters. The minimum absolute atomic E-state index is 0.0818. The SMILES string of the molecule is CNC(=O)[C@@H](C)N(Cc1ccc(C)cc1)C(=O)CSc1ccc(Cl)cc1. The van der Waals surface area contributed by atoms with Crippen molar-refractivity contribution >= 4 is 35.2 Å². The molecule has 0 aliphatic carbocycles. The van der Waals surface area contributed by atoms with Gasteiger partial charge < -0.3 is 10.2 Å². The first-order valence-electron chi connectivity index (χ1n) is 8.35. The number of carbonyl (C=O) groups is 2. The Morgan fingerprint density at radius 2 is 1.73 bits per heavy atom. The van der Waals surface area contributed by atoms with E-state index in [9.17, 15) is 9.59 Å². The number of hydrogen-bond acceptors (Lipinski definition) is 3. The molecule has 0 aromatic heterocycles. The van der Waals surface area contributed by atoms with E-state index in [0.717, 1.165) is 16.0 Å². The molecule has 2 rings (SSSR count). The molecule has 0 heterocycles. The lowest BCUT2D eigenvalue weighted by atomic mass is 10.1. The molecule has 1 N–H and O–H groups in total. The molecule has 0 aliphatic rings. The van der Waals surface area contributed by atoms with Crippen LogP contribution in [0.3, 0.4) is 0 Å². The van der Waals surface area contributed by atoms with Gasteiger partial charge in [-0.2, -0.15) is 0 Å². The van der Waals surface area contributed by atoms with Crippen LogP contribution in [0.15, 0.2) is 53.4 Å². The highest BCUT2D eigenvalue weighted by Crippen LogP contribution is 2.21. The molecule has 26 heavy (non-hydrogen) atoms. The molecule has 0 saturated heterocycles. The van der Waals surface area contributed by atoms with Crippen molar-refractivity contribution in [2.75, 3.05) is 12.8 Å². The number of hydrogen-bond donors (Lipinski definition) is 1. The molecule has 0 fully saturated rings. The third-order valence-corrected chi connectivity index (χ3v) is 5.31.